The zero-order valence-corrected chi connectivity index (χ0v) is 9.50. The van der Waals surface area contributed by atoms with Crippen LogP contribution in [0.5, 0.6) is 0 Å². The van der Waals surface area contributed by atoms with Crippen molar-refractivity contribution in [2.24, 2.45) is 5.73 Å². The van der Waals surface area contributed by atoms with Crippen molar-refractivity contribution >= 4 is 5.69 Å². The predicted octanol–water partition coefficient (Wildman–Crippen LogP) is 1.96. The van der Waals surface area contributed by atoms with Gasteiger partial charge in [0.2, 0.25) is 0 Å². The van der Waals surface area contributed by atoms with E-state index in [2.05, 4.69) is 30.0 Å². The SMILES string of the molecule is CCCN1CCc2cc(CCN)ccc21. The fourth-order valence-electron chi connectivity index (χ4n) is 2.35. The van der Waals surface area contributed by atoms with E-state index < -0.39 is 0 Å². The Morgan fingerprint density at radius 3 is 3.00 bits per heavy atom. The van der Waals surface area contributed by atoms with Crippen LogP contribution >= 0.6 is 0 Å². The van der Waals surface area contributed by atoms with E-state index in [-0.39, 0.29) is 0 Å². The molecule has 2 N–H and O–H groups in total. The maximum absolute atomic E-state index is 5.57. The molecule has 1 heterocycles. The summed E-state index contributed by atoms with van der Waals surface area (Å²) in [5.41, 5.74) is 9.91. The molecule has 0 radical (unpaired) electrons. The molecule has 1 aromatic rings. The molecule has 2 heteroatoms. The molecule has 1 aliphatic rings. The van der Waals surface area contributed by atoms with E-state index in [0.717, 1.165) is 13.0 Å². The third-order valence-electron chi connectivity index (χ3n) is 3.06. The molecule has 0 saturated heterocycles. The summed E-state index contributed by atoms with van der Waals surface area (Å²) in [6, 6.07) is 6.82. The zero-order valence-electron chi connectivity index (χ0n) is 9.50. The van der Waals surface area contributed by atoms with Gasteiger partial charge >= 0.3 is 0 Å². The molecule has 0 spiro atoms. The van der Waals surface area contributed by atoms with Crippen molar-refractivity contribution in [3.05, 3.63) is 29.3 Å². The molecule has 15 heavy (non-hydrogen) atoms. The van der Waals surface area contributed by atoms with E-state index in [9.17, 15) is 0 Å². The van der Waals surface area contributed by atoms with Crippen LogP contribution in [0.3, 0.4) is 0 Å². The van der Waals surface area contributed by atoms with Crippen LogP contribution in [0.1, 0.15) is 24.5 Å². The van der Waals surface area contributed by atoms with Crippen molar-refractivity contribution in [1.82, 2.24) is 0 Å². The van der Waals surface area contributed by atoms with Gasteiger partial charge in [-0.3, -0.25) is 0 Å². The number of nitrogens with zero attached hydrogens (tertiary/aromatic N) is 1. The first-order valence-electron chi connectivity index (χ1n) is 5.92. The second-order valence-electron chi connectivity index (χ2n) is 4.24. The van der Waals surface area contributed by atoms with Gasteiger partial charge in [-0.2, -0.15) is 0 Å². The highest BCUT2D eigenvalue weighted by atomic mass is 15.1. The summed E-state index contributed by atoms with van der Waals surface area (Å²) < 4.78 is 0. The quantitative estimate of drug-likeness (QED) is 0.812. The first-order chi connectivity index (χ1) is 7.35. The van der Waals surface area contributed by atoms with Crippen LogP contribution < -0.4 is 10.6 Å². The van der Waals surface area contributed by atoms with Crippen molar-refractivity contribution in [2.75, 3.05) is 24.5 Å². The van der Waals surface area contributed by atoms with E-state index >= 15 is 0 Å². The Kier molecular flexibility index (Phi) is 3.27. The van der Waals surface area contributed by atoms with Crippen LogP contribution in [0.25, 0.3) is 0 Å². The minimum absolute atomic E-state index is 0.747. The minimum atomic E-state index is 0.747. The lowest BCUT2D eigenvalue weighted by atomic mass is 10.1. The van der Waals surface area contributed by atoms with E-state index in [1.807, 2.05) is 0 Å². The highest BCUT2D eigenvalue weighted by molar-refractivity contribution is 5.59. The van der Waals surface area contributed by atoms with Crippen molar-refractivity contribution in [2.45, 2.75) is 26.2 Å². The van der Waals surface area contributed by atoms with Crippen LogP contribution in [0, 0.1) is 0 Å². The molecule has 1 aromatic carbocycles. The normalized spacial score (nSPS) is 14.4. The topological polar surface area (TPSA) is 29.3 Å². The maximum Gasteiger partial charge on any atom is 0.0399 e. The van der Waals surface area contributed by atoms with Crippen LogP contribution in [0.15, 0.2) is 18.2 Å². The number of anilines is 1. The Balaban J connectivity index is 2.18. The van der Waals surface area contributed by atoms with Gasteiger partial charge < -0.3 is 10.6 Å². The van der Waals surface area contributed by atoms with Crippen LogP contribution in [-0.2, 0) is 12.8 Å². The standard InChI is InChI=1S/C13H20N2/c1-2-8-15-9-6-12-10-11(5-7-14)3-4-13(12)15/h3-4,10H,2,5-9,14H2,1H3. The van der Waals surface area contributed by atoms with E-state index in [4.69, 9.17) is 5.73 Å². The highest BCUT2D eigenvalue weighted by Crippen LogP contribution is 2.28. The van der Waals surface area contributed by atoms with Crippen molar-refractivity contribution in [3.63, 3.8) is 0 Å². The van der Waals surface area contributed by atoms with Gasteiger partial charge in [0, 0.05) is 18.8 Å². The Morgan fingerprint density at radius 2 is 2.27 bits per heavy atom. The van der Waals surface area contributed by atoms with Crippen molar-refractivity contribution < 1.29 is 0 Å². The predicted molar refractivity (Wildman–Crippen MR) is 65.4 cm³/mol. The Hall–Kier alpha value is -1.02. The molecule has 0 unspecified atom stereocenters. The molecule has 2 rings (SSSR count). The van der Waals surface area contributed by atoms with Gasteiger partial charge in [-0.15, -0.1) is 0 Å². The Bertz CT molecular complexity index is 333. The van der Waals surface area contributed by atoms with Gasteiger partial charge in [0.05, 0.1) is 0 Å². The van der Waals surface area contributed by atoms with E-state index in [0.29, 0.717) is 0 Å². The second kappa shape index (κ2) is 4.67. The summed E-state index contributed by atoms with van der Waals surface area (Å²) in [5, 5.41) is 0. The molecule has 1 aliphatic heterocycles. The first kappa shape index (κ1) is 10.5. The average Bonchev–Trinajstić information content (AvgIpc) is 2.62. The largest absolute Gasteiger partial charge is 0.371 e. The lowest BCUT2D eigenvalue weighted by Gasteiger charge is -2.18. The van der Waals surface area contributed by atoms with E-state index in [1.54, 1.807) is 0 Å². The summed E-state index contributed by atoms with van der Waals surface area (Å²) in [5.74, 6) is 0. The number of fused-ring (bicyclic) bond motifs is 1. The van der Waals surface area contributed by atoms with Gasteiger partial charge in [0.25, 0.3) is 0 Å². The molecule has 0 bridgehead atoms. The number of rotatable bonds is 4. The van der Waals surface area contributed by atoms with E-state index in [1.165, 1.54) is 42.7 Å². The van der Waals surface area contributed by atoms with Crippen molar-refractivity contribution in [1.29, 1.82) is 0 Å². The summed E-state index contributed by atoms with van der Waals surface area (Å²) in [7, 11) is 0. The third-order valence-corrected chi connectivity index (χ3v) is 3.06. The molecule has 0 aliphatic carbocycles. The van der Waals surface area contributed by atoms with Gasteiger partial charge in [0.15, 0.2) is 0 Å². The lowest BCUT2D eigenvalue weighted by Crippen LogP contribution is -2.20. The monoisotopic (exact) mass is 204 g/mol. The maximum atomic E-state index is 5.57. The second-order valence-corrected chi connectivity index (χ2v) is 4.24. The summed E-state index contributed by atoms with van der Waals surface area (Å²) in [6.45, 7) is 5.36. The molecule has 0 fully saturated rings. The van der Waals surface area contributed by atoms with Gasteiger partial charge in [-0.1, -0.05) is 19.1 Å². The number of hydrogen-bond donors (Lipinski definition) is 1. The molecule has 82 valence electrons. The zero-order chi connectivity index (χ0) is 10.7. The highest BCUT2D eigenvalue weighted by Gasteiger charge is 2.17. The number of hydrogen-bond acceptors (Lipinski definition) is 2. The molecule has 2 nitrogen and oxygen atoms in total. The number of benzene rings is 1. The van der Waals surface area contributed by atoms with Crippen LogP contribution in [-0.4, -0.2) is 19.6 Å². The van der Waals surface area contributed by atoms with Gasteiger partial charge in [-0.05, 0) is 43.0 Å². The smallest absolute Gasteiger partial charge is 0.0399 e. The number of nitrogens with two attached hydrogens (primary N) is 1. The Morgan fingerprint density at radius 1 is 1.40 bits per heavy atom. The summed E-state index contributed by atoms with van der Waals surface area (Å²) in [4.78, 5) is 2.49. The molecular weight excluding hydrogens is 184 g/mol. The lowest BCUT2D eigenvalue weighted by molar-refractivity contribution is 0.796. The molecule has 0 atom stereocenters. The van der Waals surface area contributed by atoms with Gasteiger partial charge in [0.1, 0.15) is 0 Å². The fraction of sp³-hybridized carbons (Fsp3) is 0.538. The Labute approximate surface area is 92.1 Å². The average molecular weight is 204 g/mol. The molecule has 0 saturated carbocycles. The van der Waals surface area contributed by atoms with Gasteiger partial charge in [-0.25, -0.2) is 0 Å². The van der Waals surface area contributed by atoms with Crippen LogP contribution in [0.2, 0.25) is 0 Å². The molecular formula is C13H20N2. The minimum Gasteiger partial charge on any atom is -0.371 e. The molecule has 0 aromatic heterocycles. The summed E-state index contributed by atoms with van der Waals surface area (Å²) >= 11 is 0. The summed E-state index contributed by atoms with van der Waals surface area (Å²) in [6.07, 6.45) is 3.43. The molecule has 0 amide bonds. The van der Waals surface area contributed by atoms with Crippen LogP contribution in [0.4, 0.5) is 5.69 Å². The van der Waals surface area contributed by atoms with Crippen molar-refractivity contribution in [3.8, 4) is 0 Å². The fourth-order valence-corrected chi connectivity index (χ4v) is 2.35. The third kappa shape index (κ3) is 2.15. The first-order valence-corrected chi connectivity index (χ1v) is 5.92.